The summed E-state index contributed by atoms with van der Waals surface area (Å²) in [5, 5.41) is 3.37. The van der Waals surface area contributed by atoms with Gasteiger partial charge in [0, 0.05) is 37.2 Å². The highest BCUT2D eigenvalue weighted by molar-refractivity contribution is 14.0. The van der Waals surface area contributed by atoms with E-state index in [0.717, 1.165) is 22.5 Å². The first kappa shape index (κ1) is 24.4. The molecule has 0 spiro atoms. The van der Waals surface area contributed by atoms with E-state index in [1.807, 2.05) is 37.4 Å². The molecule has 0 aliphatic rings. The van der Waals surface area contributed by atoms with Crippen molar-refractivity contribution in [3.63, 3.8) is 0 Å². The molecule has 8 heteroatoms. The molecule has 0 bridgehead atoms. The van der Waals surface area contributed by atoms with Crippen LogP contribution in [0.15, 0.2) is 45.9 Å². The molecule has 2 aromatic rings. The molecule has 0 radical (unpaired) electrons. The Labute approximate surface area is 192 Å². The van der Waals surface area contributed by atoms with Gasteiger partial charge in [-0.3, -0.25) is 4.99 Å². The third-order valence-corrected chi connectivity index (χ3v) is 4.94. The molecule has 154 valence electrons. The second-order valence-corrected chi connectivity index (χ2v) is 6.70. The van der Waals surface area contributed by atoms with E-state index in [4.69, 9.17) is 14.2 Å². The summed E-state index contributed by atoms with van der Waals surface area (Å²) < 4.78 is 17.4. The summed E-state index contributed by atoms with van der Waals surface area (Å²) in [6.45, 7) is 1.26. The van der Waals surface area contributed by atoms with E-state index in [1.54, 1.807) is 28.4 Å². The lowest BCUT2D eigenvalue weighted by molar-refractivity contribution is 0.322. The zero-order valence-electron chi connectivity index (χ0n) is 16.8. The highest BCUT2D eigenvalue weighted by Crippen LogP contribution is 2.39. The van der Waals surface area contributed by atoms with Crippen LogP contribution in [0.25, 0.3) is 0 Å². The minimum absolute atomic E-state index is 0. The Kier molecular flexibility index (Phi) is 10.4. The largest absolute Gasteiger partial charge is 0.493 e. The van der Waals surface area contributed by atoms with Gasteiger partial charge in [0.05, 0.1) is 21.3 Å². The lowest BCUT2D eigenvalue weighted by atomic mass is 10.1. The Morgan fingerprint density at radius 3 is 2.25 bits per heavy atom. The van der Waals surface area contributed by atoms with Crippen LogP contribution in [0.4, 0.5) is 0 Å². The number of ether oxygens (including phenoxy) is 3. The number of nitrogens with one attached hydrogen (secondary N) is 1. The molecule has 0 atom stereocenters. The van der Waals surface area contributed by atoms with E-state index in [2.05, 4.69) is 37.2 Å². The molecule has 0 aliphatic heterocycles. The number of nitrogens with zero attached hydrogens (tertiary/aromatic N) is 2. The average molecular weight is 564 g/mol. The van der Waals surface area contributed by atoms with E-state index in [0.29, 0.717) is 23.8 Å². The van der Waals surface area contributed by atoms with Crippen molar-refractivity contribution in [1.29, 1.82) is 0 Å². The van der Waals surface area contributed by atoms with E-state index in [9.17, 15) is 0 Å². The molecule has 0 unspecified atom stereocenters. The second-order valence-electron chi connectivity index (χ2n) is 5.84. The molecule has 0 heterocycles. The minimum Gasteiger partial charge on any atom is -0.493 e. The summed E-state index contributed by atoms with van der Waals surface area (Å²) >= 11 is 3.59. The Morgan fingerprint density at radius 1 is 1.00 bits per heavy atom. The van der Waals surface area contributed by atoms with Crippen molar-refractivity contribution in [3.05, 3.63) is 52.0 Å². The maximum atomic E-state index is 5.54. The van der Waals surface area contributed by atoms with Crippen molar-refractivity contribution < 1.29 is 14.2 Å². The van der Waals surface area contributed by atoms with Gasteiger partial charge in [0.2, 0.25) is 5.75 Å². The number of guanidine groups is 1. The first-order chi connectivity index (χ1) is 13.0. The van der Waals surface area contributed by atoms with Crippen LogP contribution in [0.3, 0.4) is 0 Å². The first-order valence-corrected chi connectivity index (χ1v) is 9.28. The van der Waals surface area contributed by atoms with Gasteiger partial charge in [0.1, 0.15) is 0 Å². The third kappa shape index (κ3) is 5.91. The highest BCUT2D eigenvalue weighted by Gasteiger charge is 2.16. The van der Waals surface area contributed by atoms with Gasteiger partial charge in [-0.2, -0.15) is 0 Å². The first-order valence-electron chi connectivity index (χ1n) is 8.48. The average Bonchev–Trinajstić information content (AvgIpc) is 2.69. The number of halogens is 2. The van der Waals surface area contributed by atoms with Crippen LogP contribution >= 0.6 is 39.9 Å². The van der Waals surface area contributed by atoms with Gasteiger partial charge in [-0.05, 0) is 23.8 Å². The standard InChI is InChI=1S/C20H26BrN3O3.HI/c1-22-20(24(2)13-15-8-6-7-9-16(15)21)23-12-14-10-11-17(25-3)19(27-5)18(14)26-4;/h6-11H,12-13H2,1-5H3,(H,22,23);1H. The van der Waals surface area contributed by atoms with Crippen LogP contribution in [-0.4, -0.2) is 46.3 Å². The molecule has 28 heavy (non-hydrogen) atoms. The van der Waals surface area contributed by atoms with Crippen molar-refractivity contribution in [1.82, 2.24) is 10.2 Å². The molecule has 2 aromatic carbocycles. The van der Waals surface area contributed by atoms with Gasteiger partial charge in [-0.15, -0.1) is 24.0 Å². The summed E-state index contributed by atoms with van der Waals surface area (Å²) in [6, 6.07) is 12.0. The molecule has 1 N–H and O–H groups in total. The van der Waals surface area contributed by atoms with Crippen molar-refractivity contribution in [2.24, 2.45) is 4.99 Å². The maximum Gasteiger partial charge on any atom is 0.203 e. The minimum atomic E-state index is 0. The topological polar surface area (TPSA) is 55.3 Å². The van der Waals surface area contributed by atoms with Gasteiger partial charge in [0.15, 0.2) is 17.5 Å². The molecular weight excluding hydrogens is 537 g/mol. The van der Waals surface area contributed by atoms with Crippen LogP contribution in [0.5, 0.6) is 17.2 Å². The number of aliphatic imine (C=N–C) groups is 1. The third-order valence-electron chi connectivity index (χ3n) is 4.16. The molecule has 0 aliphatic carbocycles. The number of benzene rings is 2. The lowest BCUT2D eigenvalue weighted by Crippen LogP contribution is -2.38. The normalized spacial score (nSPS) is 10.7. The monoisotopic (exact) mass is 563 g/mol. The Balaban J connectivity index is 0.00000392. The summed E-state index contributed by atoms with van der Waals surface area (Å²) in [7, 11) is 8.59. The fourth-order valence-corrected chi connectivity index (χ4v) is 3.23. The predicted octanol–water partition coefficient (Wildman–Crippen LogP) is 4.30. The molecule has 0 aromatic heterocycles. The van der Waals surface area contributed by atoms with E-state index >= 15 is 0 Å². The molecule has 0 amide bonds. The van der Waals surface area contributed by atoms with Crippen molar-refractivity contribution in [3.8, 4) is 17.2 Å². The summed E-state index contributed by atoms with van der Waals surface area (Å²) in [5.41, 5.74) is 2.14. The van der Waals surface area contributed by atoms with Crippen LogP contribution in [0, 0.1) is 0 Å². The van der Waals surface area contributed by atoms with Crippen molar-refractivity contribution in [2.45, 2.75) is 13.1 Å². The Morgan fingerprint density at radius 2 is 1.68 bits per heavy atom. The van der Waals surface area contributed by atoms with Crippen LogP contribution in [-0.2, 0) is 13.1 Å². The van der Waals surface area contributed by atoms with Gasteiger partial charge >= 0.3 is 0 Å². The fourth-order valence-electron chi connectivity index (χ4n) is 2.82. The second kappa shape index (κ2) is 12.0. The Bertz CT molecular complexity index is 802. The van der Waals surface area contributed by atoms with Crippen LogP contribution < -0.4 is 19.5 Å². The maximum absolute atomic E-state index is 5.54. The van der Waals surface area contributed by atoms with E-state index < -0.39 is 0 Å². The number of rotatable bonds is 7. The van der Waals surface area contributed by atoms with Crippen molar-refractivity contribution in [2.75, 3.05) is 35.4 Å². The molecule has 2 rings (SSSR count). The summed E-state index contributed by atoms with van der Waals surface area (Å²) in [6.07, 6.45) is 0. The van der Waals surface area contributed by atoms with Crippen LogP contribution in [0.2, 0.25) is 0 Å². The summed E-state index contributed by atoms with van der Waals surface area (Å²) in [5.74, 6) is 2.64. The quantitative estimate of drug-likeness (QED) is 0.309. The van der Waals surface area contributed by atoms with Gasteiger partial charge in [0.25, 0.3) is 0 Å². The smallest absolute Gasteiger partial charge is 0.203 e. The molecule has 6 nitrogen and oxygen atoms in total. The van der Waals surface area contributed by atoms with Gasteiger partial charge in [-0.1, -0.05) is 34.1 Å². The van der Waals surface area contributed by atoms with Gasteiger partial charge < -0.3 is 24.4 Å². The van der Waals surface area contributed by atoms with Gasteiger partial charge in [-0.25, -0.2) is 0 Å². The number of hydrogen-bond donors (Lipinski definition) is 1. The Hall–Kier alpha value is -1.68. The summed E-state index contributed by atoms with van der Waals surface area (Å²) in [4.78, 5) is 6.44. The van der Waals surface area contributed by atoms with Crippen molar-refractivity contribution >= 4 is 45.9 Å². The van der Waals surface area contributed by atoms with E-state index in [1.165, 1.54) is 5.56 Å². The zero-order valence-corrected chi connectivity index (χ0v) is 20.7. The highest BCUT2D eigenvalue weighted by atomic mass is 127. The van der Waals surface area contributed by atoms with Crippen LogP contribution in [0.1, 0.15) is 11.1 Å². The fraction of sp³-hybridized carbons (Fsp3) is 0.350. The predicted molar refractivity (Wildman–Crippen MR) is 127 cm³/mol. The molecule has 0 fully saturated rings. The lowest BCUT2D eigenvalue weighted by Gasteiger charge is -2.23. The molecule has 0 saturated heterocycles. The zero-order chi connectivity index (χ0) is 19.8. The SMILES string of the molecule is CN=C(NCc1ccc(OC)c(OC)c1OC)N(C)Cc1ccccc1Br.I. The van der Waals surface area contributed by atoms with E-state index in [-0.39, 0.29) is 24.0 Å². The number of hydrogen-bond acceptors (Lipinski definition) is 4. The molecular formula is C20H27BrIN3O3. The molecule has 0 saturated carbocycles. The number of methoxy groups -OCH3 is 3.